The van der Waals surface area contributed by atoms with Crippen molar-refractivity contribution in [3.63, 3.8) is 0 Å². The number of hydrogen-bond donors (Lipinski definition) is 7. The Bertz CT molecular complexity index is 698. The molecular formula is C18H30N4O9. The molecule has 0 aliphatic carbocycles. The first-order chi connectivity index (χ1) is 14.3. The maximum Gasteiger partial charge on any atom is 0.326 e. The van der Waals surface area contributed by atoms with Crippen LogP contribution in [0.3, 0.4) is 0 Å². The number of nitrogens with two attached hydrogens (primary N) is 1. The summed E-state index contributed by atoms with van der Waals surface area (Å²) in [5.74, 6) is -6.78. The lowest BCUT2D eigenvalue weighted by Gasteiger charge is -2.26. The zero-order valence-corrected chi connectivity index (χ0v) is 17.6. The SMILES string of the molecule is CCC(C)C(NC(=O)C(N)CC(=O)O)C(=O)NC(C)C(=O)NC(CCC(=O)O)C(=O)O. The molecule has 0 aromatic rings. The van der Waals surface area contributed by atoms with E-state index in [0.29, 0.717) is 6.42 Å². The van der Waals surface area contributed by atoms with Gasteiger partial charge in [-0.3, -0.25) is 24.0 Å². The Balaban J connectivity index is 5.12. The van der Waals surface area contributed by atoms with Crippen LogP contribution in [0, 0.1) is 5.92 Å². The Morgan fingerprint density at radius 2 is 1.42 bits per heavy atom. The molecule has 5 unspecified atom stereocenters. The minimum atomic E-state index is -1.46. The molecule has 0 aliphatic rings. The van der Waals surface area contributed by atoms with Gasteiger partial charge in [-0.2, -0.15) is 0 Å². The number of amides is 3. The highest BCUT2D eigenvalue weighted by Crippen LogP contribution is 2.09. The van der Waals surface area contributed by atoms with Crippen LogP contribution in [0.2, 0.25) is 0 Å². The van der Waals surface area contributed by atoms with Gasteiger partial charge in [-0.25, -0.2) is 4.79 Å². The smallest absolute Gasteiger partial charge is 0.326 e. The lowest BCUT2D eigenvalue weighted by molar-refractivity contribution is -0.143. The Morgan fingerprint density at radius 1 is 0.839 bits per heavy atom. The minimum absolute atomic E-state index is 0.343. The van der Waals surface area contributed by atoms with Crippen molar-refractivity contribution in [2.24, 2.45) is 11.7 Å². The van der Waals surface area contributed by atoms with Crippen LogP contribution in [-0.4, -0.2) is 75.1 Å². The van der Waals surface area contributed by atoms with Gasteiger partial charge < -0.3 is 37.0 Å². The molecule has 0 rings (SSSR count). The number of carbonyl (C=O) groups excluding carboxylic acids is 3. The van der Waals surface area contributed by atoms with Crippen LogP contribution in [0.1, 0.15) is 46.5 Å². The molecule has 0 aromatic heterocycles. The van der Waals surface area contributed by atoms with Crippen LogP contribution in [0.4, 0.5) is 0 Å². The van der Waals surface area contributed by atoms with Crippen LogP contribution < -0.4 is 21.7 Å². The lowest BCUT2D eigenvalue weighted by Crippen LogP contribution is -2.58. The molecular weight excluding hydrogens is 416 g/mol. The standard InChI is InChI=1S/C18H30N4O9/c1-4-8(2)14(22-16(28)10(19)7-13(25)26)17(29)20-9(3)15(27)21-11(18(30)31)5-6-12(23)24/h8-11,14H,4-7,19H2,1-3H3,(H,20,29)(H,21,27)(H,22,28)(H,23,24)(H,25,26)(H,30,31). The number of carboxylic acids is 3. The molecule has 3 amide bonds. The third-order valence-electron chi connectivity index (χ3n) is 4.54. The van der Waals surface area contributed by atoms with Crippen molar-refractivity contribution in [2.45, 2.75) is 70.6 Å². The summed E-state index contributed by atoms with van der Waals surface area (Å²) < 4.78 is 0. The van der Waals surface area contributed by atoms with Crippen LogP contribution in [0.25, 0.3) is 0 Å². The van der Waals surface area contributed by atoms with Gasteiger partial charge in [0, 0.05) is 6.42 Å². The number of nitrogens with one attached hydrogen (secondary N) is 3. The average Bonchev–Trinajstić information content (AvgIpc) is 2.66. The van der Waals surface area contributed by atoms with Crippen molar-refractivity contribution >= 4 is 35.6 Å². The molecule has 0 saturated carbocycles. The van der Waals surface area contributed by atoms with E-state index in [2.05, 4.69) is 16.0 Å². The van der Waals surface area contributed by atoms with E-state index in [1.54, 1.807) is 13.8 Å². The molecule has 31 heavy (non-hydrogen) atoms. The molecule has 13 nitrogen and oxygen atoms in total. The van der Waals surface area contributed by atoms with E-state index >= 15 is 0 Å². The van der Waals surface area contributed by atoms with Crippen molar-refractivity contribution in [3.05, 3.63) is 0 Å². The first-order valence-electron chi connectivity index (χ1n) is 9.63. The van der Waals surface area contributed by atoms with Crippen molar-refractivity contribution in [1.29, 1.82) is 0 Å². The van der Waals surface area contributed by atoms with Crippen LogP contribution in [0.15, 0.2) is 0 Å². The molecule has 0 saturated heterocycles. The summed E-state index contributed by atoms with van der Waals surface area (Å²) in [6.45, 7) is 4.70. The zero-order chi connectivity index (χ0) is 24.3. The van der Waals surface area contributed by atoms with E-state index in [9.17, 15) is 28.8 Å². The van der Waals surface area contributed by atoms with E-state index in [4.69, 9.17) is 21.1 Å². The number of hydrogen-bond acceptors (Lipinski definition) is 7. The van der Waals surface area contributed by atoms with Gasteiger partial charge in [0.2, 0.25) is 17.7 Å². The van der Waals surface area contributed by atoms with Crippen LogP contribution in [0.5, 0.6) is 0 Å². The Hall–Kier alpha value is -3.22. The van der Waals surface area contributed by atoms with Gasteiger partial charge >= 0.3 is 17.9 Å². The van der Waals surface area contributed by atoms with Crippen molar-refractivity contribution in [2.75, 3.05) is 0 Å². The summed E-state index contributed by atoms with van der Waals surface area (Å²) >= 11 is 0. The Labute approximate surface area is 178 Å². The van der Waals surface area contributed by atoms with E-state index in [0.717, 1.165) is 0 Å². The molecule has 0 spiro atoms. The van der Waals surface area contributed by atoms with Gasteiger partial charge in [-0.05, 0) is 19.3 Å². The van der Waals surface area contributed by atoms with E-state index in [1.165, 1.54) is 6.92 Å². The molecule has 8 N–H and O–H groups in total. The second-order valence-electron chi connectivity index (χ2n) is 7.14. The van der Waals surface area contributed by atoms with Gasteiger partial charge in [-0.15, -0.1) is 0 Å². The molecule has 5 atom stereocenters. The predicted octanol–water partition coefficient (Wildman–Crippen LogP) is -1.74. The maximum absolute atomic E-state index is 12.6. The highest BCUT2D eigenvalue weighted by Gasteiger charge is 2.31. The summed E-state index contributed by atoms with van der Waals surface area (Å²) in [5.41, 5.74) is 5.50. The fourth-order valence-electron chi connectivity index (χ4n) is 2.43. The van der Waals surface area contributed by atoms with Crippen molar-refractivity contribution in [1.82, 2.24) is 16.0 Å². The summed E-state index contributed by atoms with van der Waals surface area (Å²) in [6.07, 6.45) is -0.989. The molecule has 0 radical (unpaired) electrons. The van der Waals surface area contributed by atoms with Crippen molar-refractivity contribution in [3.8, 4) is 0 Å². The normalized spacial score (nSPS) is 15.5. The first kappa shape index (κ1) is 27.8. The first-order valence-corrected chi connectivity index (χ1v) is 9.63. The van der Waals surface area contributed by atoms with E-state index < -0.39 is 78.6 Å². The van der Waals surface area contributed by atoms with E-state index in [1.807, 2.05) is 0 Å². The number of rotatable bonds is 14. The molecule has 0 bridgehead atoms. The third-order valence-corrected chi connectivity index (χ3v) is 4.54. The molecule has 0 fully saturated rings. The molecule has 0 heterocycles. The minimum Gasteiger partial charge on any atom is -0.481 e. The van der Waals surface area contributed by atoms with Crippen LogP contribution >= 0.6 is 0 Å². The topological polar surface area (TPSA) is 225 Å². The van der Waals surface area contributed by atoms with E-state index in [-0.39, 0.29) is 6.42 Å². The lowest BCUT2D eigenvalue weighted by atomic mass is 9.97. The molecule has 176 valence electrons. The zero-order valence-electron chi connectivity index (χ0n) is 17.6. The number of aliphatic carboxylic acids is 3. The third kappa shape index (κ3) is 10.4. The summed E-state index contributed by atoms with van der Waals surface area (Å²) in [7, 11) is 0. The Morgan fingerprint density at radius 3 is 1.87 bits per heavy atom. The second-order valence-corrected chi connectivity index (χ2v) is 7.14. The summed E-state index contributed by atoms with van der Waals surface area (Å²) in [5, 5.41) is 33.4. The number of carboxylic acid groups (broad SMARTS) is 3. The molecule has 13 heteroatoms. The second kappa shape index (κ2) is 13.2. The van der Waals surface area contributed by atoms with Crippen LogP contribution in [-0.2, 0) is 28.8 Å². The summed E-state index contributed by atoms with van der Waals surface area (Å²) in [4.78, 5) is 69.5. The maximum atomic E-state index is 12.6. The van der Waals surface area contributed by atoms with Gasteiger partial charge in [0.1, 0.15) is 18.1 Å². The number of carbonyl (C=O) groups is 6. The fourth-order valence-corrected chi connectivity index (χ4v) is 2.43. The average molecular weight is 446 g/mol. The van der Waals surface area contributed by atoms with Gasteiger partial charge in [-0.1, -0.05) is 20.3 Å². The highest BCUT2D eigenvalue weighted by atomic mass is 16.4. The molecule has 0 aromatic carbocycles. The Kier molecular flexibility index (Phi) is 11.8. The molecule has 0 aliphatic heterocycles. The van der Waals surface area contributed by atoms with Gasteiger partial charge in [0.25, 0.3) is 0 Å². The van der Waals surface area contributed by atoms with Crippen molar-refractivity contribution < 1.29 is 44.1 Å². The monoisotopic (exact) mass is 446 g/mol. The quantitative estimate of drug-likeness (QED) is 0.159. The fraction of sp³-hybridized carbons (Fsp3) is 0.667. The van der Waals surface area contributed by atoms with Gasteiger partial charge in [0.15, 0.2) is 0 Å². The highest BCUT2D eigenvalue weighted by molar-refractivity contribution is 5.94. The largest absolute Gasteiger partial charge is 0.481 e. The summed E-state index contributed by atoms with van der Waals surface area (Å²) in [6, 6.07) is -5.14. The van der Waals surface area contributed by atoms with Gasteiger partial charge in [0.05, 0.1) is 12.5 Å². The predicted molar refractivity (Wildman–Crippen MR) is 106 cm³/mol.